The third kappa shape index (κ3) is 2.64. The number of benzene rings is 1. The Hall–Kier alpha value is -1.55. The summed E-state index contributed by atoms with van der Waals surface area (Å²) < 4.78 is 5.21. The molecular weight excluding hydrogens is 230 g/mol. The first-order valence-electron chi connectivity index (χ1n) is 5.89. The van der Waals surface area contributed by atoms with Gasteiger partial charge in [0.15, 0.2) is 0 Å². The minimum atomic E-state index is -0.879. The van der Waals surface area contributed by atoms with Crippen molar-refractivity contribution in [3.8, 4) is 5.75 Å². The molecule has 1 unspecified atom stereocenters. The highest BCUT2D eigenvalue weighted by Gasteiger charge is 2.37. The van der Waals surface area contributed by atoms with E-state index in [1.807, 2.05) is 25.1 Å². The highest BCUT2D eigenvalue weighted by molar-refractivity contribution is 5.75. The van der Waals surface area contributed by atoms with Crippen molar-refractivity contribution in [1.29, 1.82) is 0 Å². The molecule has 0 bridgehead atoms. The molecule has 0 heterocycles. The molecule has 0 radical (unpaired) electrons. The van der Waals surface area contributed by atoms with Crippen LogP contribution in [0.3, 0.4) is 0 Å². The molecule has 2 N–H and O–H groups in total. The van der Waals surface area contributed by atoms with Crippen LogP contribution in [0, 0.1) is 12.3 Å². The van der Waals surface area contributed by atoms with E-state index in [1.165, 1.54) is 0 Å². The summed E-state index contributed by atoms with van der Waals surface area (Å²) >= 11 is 0. The van der Waals surface area contributed by atoms with Gasteiger partial charge >= 0.3 is 5.97 Å². The first-order chi connectivity index (χ1) is 8.34. The van der Waals surface area contributed by atoms with E-state index < -0.39 is 11.4 Å². The Morgan fingerprint density at radius 2 is 2.06 bits per heavy atom. The van der Waals surface area contributed by atoms with Crippen LogP contribution in [-0.4, -0.2) is 25.2 Å². The van der Waals surface area contributed by atoms with Crippen molar-refractivity contribution >= 4 is 5.97 Å². The molecule has 0 saturated heterocycles. The third-order valence-electron chi connectivity index (χ3n) is 3.31. The van der Waals surface area contributed by atoms with Gasteiger partial charge in [0.2, 0.25) is 0 Å². The Morgan fingerprint density at radius 3 is 2.44 bits per heavy atom. The van der Waals surface area contributed by atoms with Gasteiger partial charge < -0.3 is 15.2 Å². The van der Waals surface area contributed by atoms with Crippen molar-refractivity contribution in [2.75, 3.05) is 14.2 Å². The Labute approximate surface area is 108 Å². The number of aliphatic carboxylic acids is 1. The zero-order valence-electron chi connectivity index (χ0n) is 11.6. The SMILES string of the molecule is CNC(c1ccc(OC)c(C)c1)C(C)(C)C(=O)O. The number of hydrogen-bond donors (Lipinski definition) is 2. The van der Waals surface area contributed by atoms with Gasteiger partial charge in [0.1, 0.15) is 5.75 Å². The Morgan fingerprint density at radius 1 is 1.44 bits per heavy atom. The Kier molecular flexibility index (Phi) is 4.35. The fraction of sp³-hybridized carbons (Fsp3) is 0.500. The normalized spacial score (nSPS) is 13.2. The van der Waals surface area contributed by atoms with Crippen LogP contribution in [0.4, 0.5) is 0 Å². The number of rotatable bonds is 5. The van der Waals surface area contributed by atoms with Crippen LogP contribution >= 0.6 is 0 Å². The van der Waals surface area contributed by atoms with Crippen LogP contribution in [-0.2, 0) is 4.79 Å². The molecule has 0 aliphatic rings. The van der Waals surface area contributed by atoms with E-state index in [-0.39, 0.29) is 6.04 Å². The van der Waals surface area contributed by atoms with Crippen molar-refractivity contribution in [3.05, 3.63) is 29.3 Å². The molecule has 18 heavy (non-hydrogen) atoms. The number of hydrogen-bond acceptors (Lipinski definition) is 3. The second-order valence-electron chi connectivity index (χ2n) is 4.98. The van der Waals surface area contributed by atoms with E-state index in [0.717, 1.165) is 16.9 Å². The quantitative estimate of drug-likeness (QED) is 0.843. The molecule has 1 rings (SSSR count). The molecule has 0 spiro atoms. The van der Waals surface area contributed by atoms with E-state index in [9.17, 15) is 9.90 Å². The van der Waals surface area contributed by atoms with Gasteiger partial charge in [-0.25, -0.2) is 0 Å². The number of aryl methyl sites for hydroxylation is 1. The van der Waals surface area contributed by atoms with Gasteiger partial charge in [0.05, 0.1) is 12.5 Å². The molecule has 1 aromatic rings. The zero-order valence-corrected chi connectivity index (χ0v) is 11.6. The van der Waals surface area contributed by atoms with Crippen molar-refractivity contribution < 1.29 is 14.6 Å². The first-order valence-corrected chi connectivity index (χ1v) is 5.89. The minimum Gasteiger partial charge on any atom is -0.496 e. The number of carbonyl (C=O) groups is 1. The molecule has 0 amide bonds. The number of methoxy groups -OCH3 is 1. The van der Waals surface area contributed by atoms with Crippen LogP contribution in [0.5, 0.6) is 5.75 Å². The number of carboxylic acids is 1. The second-order valence-corrected chi connectivity index (χ2v) is 4.98. The molecule has 1 aromatic carbocycles. The minimum absolute atomic E-state index is 0.250. The van der Waals surface area contributed by atoms with Crippen LogP contribution in [0.25, 0.3) is 0 Å². The molecular formula is C14H21NO3. The average Bonchev–Trinajstić information content (AvgIpc) is 2.29. The van der Waals surface area contributed by atoms with E-state index >= 15 is 0 Å². The molecule has 0 aromatic heterocycles. The summed E-state index contributed by atoms with van der Waals surface area (Å²) in [5.41, 5.74) is 1.06. The lowest BCUT2D eigenvalue weighted by Crippen LogP contribution is -2.38. The molecule has 0 saturated carbocycles. The maximum Gasteiger partial charge on any atom is 0.311 e. The van der Waals surface area contributed by atoms with Crippen molar-refractivity contribution in [1.82, 2.24) is 5.32 Å². The Bertz CT molecular complexity index is 441. The number of ether oxygens (including phenoxy) is 1. The number of nitrogens with one attached hydrogen (secondary N) is 1. The van der Waals surface area contributed by atoms with Crippen LogP contribution in [0.2, 0.25) is 0 Å². The van der Waals surface area contributed by atoms with Crippen LogP contribution < -0.4 is 10.1 Å². The van der Waals surface area contributed by atoms with E-state index in [4.69, 9.17) is 4.74 Å². The maximum atomic E-state index is 11.3. The van der Waals surface area contributed by atoms with E-state index in [0.29, 0.717) is 0 Å². The van der Waals surface area contributed by atoms with E-state index in [2.05, 4.69) is 5.32 Å². The fourth-order valence-electron chi connectivity index (χ4n) is 2.15. The lowest BCUT2D eigenvalue weighted by Gasteiger charge is -2.30. The highest BCUT2D eigenvalue weighted by Crippen LogP contribution is 2.35. The molecule has 4 nitrogen and oxygen atoms in total. The van der Waals surface area contributed by atoms with Gasteiger partial charge in [-0.05, 0) is 45.0 Å². The van der Waals surface area contributed by atoms with E-state index in [1.54, 1.807) is 28.0 Å². The predicted molar refractivity (Wildman–Crippen MR) is 70.9 cm³/mol. The summed E-state index contributed by atoms with van der Waals surface area (Å²) in [6.45, 7) is 5.38. The molecule has 0 aliphatic carbocycles. The van der Waals surface area contributed by atoms with Crippen LogP contribution in [0.15, 0.2) is 18.2 Å². The summed E-state index contributed by atoms with van der Waals surface area (Å²) in [6.07, 6.45) is 0. The van der Waals surface area contributed by atoms with Gasteiger partial charge in [-0.15, -0.1) is 0 Å². The summed E-state index contributed by atoms with van der Waals surface area (Å²) in [6, 6.07) is 5.48. The largest absolute Gasteiger partial charge is 0.496 e. The molecule has 4 heteroatoms. The van der Waals surface area contributed by atoms with Gasteiger partial charge in [-0.2, -0.15) is 0 Å². The lowest BCUT2D eigenvalue weighted by atomic mass is 9.80. The van der Waals surface area contributed by atoms with Crippen molar-refractivity contribution in [2.45, 2.75) is 26.8 Å². The monoisotopic (exact) mass is 251 g/mol. The lowest BCUT2D eigenvalue weighted by molar-refractivity contribution is -0.148. The number of carboxylic acid groups (broad SMARTS) is 1. The molecule has 0 fully saturated rings. The maximum absolute atomic E-state index is 11.3. The summed E-state index contributed by atoms with van der Waals surface area (Å²) in [7, 11) is 3.40. The summed E-state index contributed by atoms with van der Waals surface area (Å²) in [5, 5.41) is 12.4. The topological polar surface area (TPSA) is 58.6 Å². The van der Waals surface area contributed by atoms with Crippen LogP contribution in [0.1, 0.15) is 31.0 Å². The zero-order chi connectivity index (χ0) is 13.9. The summed E-state index contributed by atoms with van der Waals surface area (Å²) in [4.78, 5) is 11.3. The predicted octanol–water partition coefficient (Wildman–Crippen LogP) is 2.37. The van der Waals surface area contributed by atoms with Gasteiger partial charge in [-0.3, -0.25) is 4.79 Å². The van der Waals surface area contributed by atoms with Gasteiger partial charge in [0, 0.05) is 6.04 Å². The molecule has 100 valence electrons. The van der Waals surface area contributed by atoms with Gasteiger partial charge in [-0.1, -0.05) is 12.1 Å². The second kappa shape index (κ2) is 5.40. The summed E-state index contributed by atoms with van der Waals surface area (Å²) in [5.74, 6) is -0.0166. The van der Waals surface area contributed by atoms with Crippen molar-refractivity contribution in [2.24, 2.45) is 5.41 Å². The molecule has 0 aliphatic heterocycles. The third-order valence-corrected chi connectivity index (χ3v) is 3.31. The fourth-order valence-corrected chi connectivity index (χ4v) is 2.15. The smallest absolute Gasteiger partial charge is 0.311 e. The standard InChI is InChI=1S/C14H21NO3/c1-9-8-10(6-7-11(9)18-5)12(15-4)14(2,3)13(16)17/h6-8,12,15H,1-5H3,(H,16,17). The average molecular weight is 251 g/mol. The molecule has 1 atom stereocenters. The highest BCUT2D eigenvalue weighted by atomic mass is 16.5. The first kappa shape index (κ1) is 14.5. The van der Waals surface area contributed by atoms with Crippen molar-refractivity contribution in [3.63, 3.8) is 0 Å². The van der Waals surface area contributed by atoms with Gasteiger partial charge in [0.25, 0.3) is 0 Å². The Balaban J connectivity index is 3.18.